The van der Waals surface area contributed by atoms with Crippen molar-refractivity contribution in [1.29, 1.82) is 0 Å². The van der Waals surface area contributed by atoms with E-state index in [-0.39, 0.29) is 6.61 Å². The van der Waals surface area contributed by atoms with Gasteiger partial charge in [0.25, 0.3) is 0 Å². The molecule has 0 saturated heterocycles. The fourth-order valence-electron chi connectivity index (χ4n) is 1.86. The van der Waals surface area contributed by atoms with Crippen molar-refractivity contribution in [3.63, 3.8) is 0 Å². The van der Waals surface area contributed by atoms with Crippen LogP contribution < -0.4 is 5.32 Å². The minimum Gasteiger partial charge on any atom is -0.395 e. The van der Waals surface area contributed by atoms with Gasteiger partial charge in [-0.3, -0.25) is 4.90 Å². The Bertz CT molecular complexity index is 322. The van der Waals surface area contributed by atoms with Crippen molar-refractivity contribution in [2.75, 3.05) is 25.5 Å². The summed E-state index contributed by atoms with van der Waals surface area (Å²) in [5.74, 6) is 0.892. The largest absolute Gasteiger partial charge is 0.395 e. The highest BCUT2D eigenvalue weighted by molar-refractivity contribution is 5.34. The van der Waals surface area contributed by atoms with E-state index in [9.17, 15) is 0 Å². The molecule has 4 nitrogen and oxygen atoms in total. The van der Waals surface area contributed by atoms with Gasteiger partial charge in [-0.25, -0.2) is 4.98 Å². The summed E-state index contributed by atoms with van der Waals surface area (Å²) in [6, 6.07) is 4.75. The molecule has 1 saturated carbocycles. The maximum absolute atomic E-state index is 9.01. The lowest BCUT2D eigenvalue weighted by Gasteiger charge is -2.20. The van der Waals surface area contributed by atoms with E-state index >= 15 is 0 Å². The molecule has 16 heavy (non-hydrogen) atoms. The summed E-state index contributed by atoms with van der Waals surface area (Å²) in [4.78, 5) is 6.62. The van der Waals surface area contributed by atoms with Crippen LogP contribution in [0.3, 0.4) is 0 Å². The molecule has 0 spiro atoms. The number of aliphatic hydroxyl groups is 1. The highest BCUT2D eigenvalue weighted by atomic mass is 16.3. The molecule has 1 heterocycles. The zero-order chi connectivity index (χ0) is 11.4. The van der Waals surface area contributed by atoms with Crippen LogP contribution in [0.4, 0.5) is 5.82 Å². The van der Waals surface area contributed by atoms with Crippen molar-refractivity contribution in [2.45, 2.75) is 25.4 Å². The first kappa shape index (κ1) is 11.4. The van der Waals surface area contributed by atoms with Gasteiger partial charge < -0.3 is 10.4 Å². The van der Waals surface area contributed by atoms with Gasteiger partial charge in [-0.2, -0.15) is 0 Å². The maximum Gasteiger partial charge on any atom is 0.125 e. The predicted octanol–water partition coefficient (Wildman–Crippen LogP) is 1.08. The fraction of sp³-hybridized carbons (Fsp3) is 0.583. The number of nitrogens with one attached hydrogen (secondary N) is 1. The van der Waals surface area contributed by atoms with E-state index < -0.39 is 0 Å². The van der Waals surface area contributed by atoms with E-state index in [4.69, 9.17) is 5.11 Å². The summed E-state index contributed by atoms with van der Waals surface area (Å²) < 4.78 is 0. The average molecular weight is 221 g/mol. The molecule has 0 aliphatic heterocycles. The number of pyridine rings is 1. The Kier molecular flexibility index (Phi) is 3.74. The van der Waals surface area contributed by atoms with Crippen LogP contribution in [0, 0.1) is 0 Å². The third-order valence-corrected chi connectivity index (χ3v) is 2.92. The molecular weight excluding hydrogens is 202 g/mol. The zero-order valence-electron chi connectivity index (χ0n) is 9.69. The average Bonchev–Trinajstić information content (AvgIpc) is 3.13. The summed E-state index contributed by atoms with van der Waals surface area (Å²) >= 11 is 0. The van der Waals surface area contributed by atoms with E-state index in [1.165, 1.54) is 18.4 Å². The summed E-state index contributed by atoms with van der Waals surface area (Å²) in [5, 5.41) is 12.0. The maximum atomic E-state index is 9.01. The van der Waals surface area contributed by atoms with Crippen LogP contribution in [0.15, 0.2) is 18.3 Å². The molecule has 0 amide bonds. The third-order valence-electron chi connectivity index (χ3n) is 2.92. The molecule has 2 rings (SSSR count). The summed E-state index contributed by atoms with van der Waals surface area (Å²) in [6.45, 7) is 1.89. The Balaban J connectivity index is 1.94. The first-order valence-corrected chi connectivity index (χ1v) is 5.81. The first-order chi connectivity index (χ1) is 7.83. The van der Waals surface area contributed by atoms with Gasteiger partial charge in [0.15, 0.2) is 0 Å². The number of hydrogen-bond donors (Lipinski definition) is 2. The van der Waals surface area contributed by atoms with Crippen molar-refractivity contribution >= 4 is 5.82 Å². The minimum absolute atomic E-state index is 0.235. The van der Waals surface area contributed by atoms with E-state index in [2.05, 4.69) is 21.3 Å². The fourth-order valence-corrected chi connectivity index (χ4v) is 1.86. The van der Waals surface area contributed by atoms with Crippen LogP contribution in [0.5, 0.6) is 0 Å². The monoisotopic (exact) mass is 221 g/mol. The summed E-state index contributed by atoms with van der Waals surface area (Å²) in [7, 11) is 1.87. The second-order valence-corrected chi connectivity index (χ2v) is 4.23. The molecule has 88 valence electrons. The first-order valence-electron chi connectivity index (χ1n) is 5.81. The van der Waals surface area contributed by atoms with Crippen molar-refractivity contribution in [1.82, 2.24) is 9.88 Å². The van der Waals surface area contributed by atoms with Crippen molar-refractivity contribution < 1.29 is 5.11 Å². The lowest BCUT2D eigenvalue weighted by molar-refractivity contribution is 0.183. The lowest BCUT2D eigenvalue weighted by Crippen LogP contribution is -2.28. The van der Waals surface area contributed by atoms with Crippen molar-refractivity contribution in [3.8, 4) is 0 Å². The molecule has 1 aromatic rings. The molecule has 0 aromatic carbocycles. The molecular formula is C12H19N3O. The molecule has 1 aromatic heterocycles. The number of aliphatic hydroxyl groups excluding tert-OH is 1. The van der Waals surface area contributed by atoms with Gasteiger partial charge in [-0.15, -0.1) is 0 Å². The zero-order valence-corrected chi connectivity index (χ0v) is 9.69. The standard InChI is InChI=1S/C12H19N3O/c1-13-12-5-2-10(8-14-12)9-15(6-7-16)11-3-4-11/h2,5,8,11,16H,3-4,6-7,9H2,1H3,(H,13,14). The van der Waals surface area contributed by atoms with Crippen LogP contribution in [0.2, 0.25) is 0 Å². The Morgan fingerprint density at radius 2 is 2.31 bits per heavy atom. The molecule has 1 aliphatic carbocycles. The van der Waals surface area contributed by atoms with E-state index in [0.717, 1.165) is 18.9 Å². The summed E-state index contributed by atoms with van der Waals surface area (Å²) in [5.41, 5.74) is 1.21. The topological polar surface area (TPSA) is 48.4 Å². The van der Waals surface area contributed by atoms with Crippen LogP contribution in [-0.4, -0.2) is 41.2 Å². The van der Waals surface area contributed by atoms with Gasteiger partial charge >= 0.3 is 0 Å². The molecule has 0 unspecified atom stereocenters. The predicted molar refractivity (Wildman–Crippen MR) is 64.3 cm³/mol. The van der Waals surface area contributed by atoms with Crippen molar-refractivity contribution in [2.24, 2.45) is 0 Å². The normalized spacial score (nSPS) is 15.4. The smallest absolute Gasteiger partial charge is 0.125 e. The van der Waals surface area contributed by atoms with Gasteiger partial charge in [0.1, 0.15) is 5.82 Å². The molecule has 2 N–H and O–H groups in total. The quantitative estimate of drug-likeness (QED) is 0.754. The van der Waals surface area contributed by atoms with Gasteiger partial charge in [0.05, 0.1) is 6.61 Å². The number of nitrogens with zero attached hydrogens (tertiary/aromatic N) is 2. The van der Waals surface area contributed by atoms with Gasteiger partial charge in [-0.1, -0.05) is 6.07 Å². The Morgan fingerprint density at radius 3 is 2.81 bits per heavy atom. The molecule has 1 aliphatic rings. The third kappa shape index (κ3) is 2.93. The Morgan fingerprint density at radius 1 is 1.50 bits per heavy atom. The van der Waals surface area contributed by atoms with E-state index in [1.54, 1.807) is 0 Å². The molecule has 1 fully saturated rings. The SMILES string of the molecule is CNc1ccc(CN(CCO)C2CC2)cn1. The second-order valence-electron chi connectivity index (χ2n) is 4.23. The van der Waals surface area contributed by atoms with E-state index in [1.807, 2.05) is 19.3 Å². The molecule has 0 atom stereocenters. The summed E-state index contributed by atoms with van der Waals surface area (Å²) in [6.07, 6.45) is 4.43. The van der Waals surface area contributed by atoms with Gasteiger partial charge in [0, 0.05) is 32.4 Å². The Hall–Kier alpha value is -1.13. The van der Waals surface area contributed by atoms with E-state index in [0.29, 0.717) is 6.04 Å². The molecule has 0 bridgehead atoms. The highest BCUT2D eigenvalue weighted by Crippen LogP contribution is 2.27. The second kappa shape index (κ2) is 5.27. The Labute approximate surface area is 96.3 Å². The lowest BCUT2D eigenvalue weighted by atomic mass is 10.2. The minimum atomic E-state index is 0.235. The molecule has 0 radical (unpaired) electrons. The van der Waals surface area contributed by atoms with Crippen LogP contribution in [0.25, 0.3) is 0 Å². The van der Waals surface area contributed by atoms with Gasteiger partial charge in [0.2, 0.25) is 0 Å². The van der Waals surface area contributed by atoms with Crippen LogP contribution in [0.1, 0.15) is 18.4 Å². The number of aromatic nitrogens is 1. The molecule has 4 heteroatoms. The highest BCUT2D eigenvalue weighted by Gasteiger charge is 2.28. The van der Waals surface area contributed by atoms with Crippen LogP contribution in [-0.2, 0) is 6.54 Å². The number of rotatable bonds is 6. The number of anilines is 1. The van der Waals surface area contributed by atoms with Crippen molar-refractivity contribution in [3.05, 3.63) is 23.9 Å². The number of hydrogen-bond acceptors (Lipinski definition) is 4. The van der Waals surface area contributed by atoms with Gasteiger partial charge in [-0.05, 0) is 24.5 Å². The van der Waals surface area contributed by atoms with Crippen LogP contribution >= 0.6 is 0 Å².